The Kier molecular flexibility index (Phi) is 4.03. The van der Waals surface area contributed by atoms with E-state index in [-0.39, 0.29) is 17.1 Å². The first kappa shape index (κ1) is 17.9. The first-order chi connectivity index (χ1) is 13.5. The Hall–Kier alpha value is -3.48. The van der Waals surface area contributed by atoms with Gasteiger partial charge in [0.1, 0.15) is 5.69 Å². The van der Waals surface area contributed by atoms with E-state index in [4.69, 9.17) is 18.9 Å². The maximum atomic E-state index is 13.4. The number of methoxy groups -OCH3 is 4. The number of carbonyl (C=O) groups is 2. The summed E-state index contributed by atoms with van der Waals surface area (Å²) in [6.07, 6.45) is 0. The van der Waals surface area contributed by atoms with Crippen LogP contribution in [0.3, 0.4) is 0 Å². The number of rotatable bonds is 4. The lowest BCUT2D eigenvalue weighted by atomic mass is 9.86. The number of ether oxygens (including phenoxy) is 4. The number of aryl methyl sites for hydroxylation is 1. The number of carbonyl (C=O) groups excluding carboxylic acids is 2. The van der Waals surface area contributed by atoms with Crippen LogP contribution in [0.1, 0.15) is 32.0 Å². The molecule has 4 rings (SSSR count). The normalized spacial score (nSPS) is 12.6. The summed E-state index contributed by atoms with van der Waals surface area (Å²) in [5.41, 5.74) is 1.96. The number of aromatic nitrogens is 1. The first-order valence-corrected chi connectivity index (χ1v) is 8.56. The summed E-state index contributed by atoms with van der Waals surface area (Å²) in [4.78, 5) is 26.7. The number of hydrogen-bond donors (Lipinski definition) is 0. The van der Waals surface area contributed by atoms with Gasteiger partial charge < -0.3 is 23.5 Å². The molecule has 0 N–H and O–H groups in total. The summed E-state index contributed by atoms with van der Waals surface area (Å²) in [5, 5.41) is 0.633. The third-order valence-electron chi connectivity index (χ3n) is 5.16. The topological polar surface area (TPSA) is 76.0 Å². The van der Waals surface area contributed by atoms with Crippen LogP contribution in [0.4, 0.5) is 0 Å². The van der Waals surface area contributed by atoms with E-state index in [0.29, 0.717) is 50.7 Å². The summed E-state index contributed by atoms with van der Waals surface area (Å²) < 4.78 is 23.1. The maximum Gasteiger partial charge on any atom is 0.211 e. The molecule has 0 saturated heterocycles. The van der Waals surface area contributed by atoms with Gasteiger partial charge in [-0.15, -0.1) is 0 Å². The second-order valence-corrected chi connectivity index (χ2v) is 6.42. The number of fused-ring (bicyclic) bond motifs is 4. The lowest BCUT2D eigenvalue weighted by Gasteiger charge is -2.18. The number of ketones is 2. The van der Waals surface area contributed by atoms with Gasteiger partial charge in [-0.25, -0.2) is 0 Å². The Morgan fingerprint density at radius 1 is 0.679 bits per heavy atom. The van der Waals surface area contributed by atoms with Crippen molar-refractivity contribution in [3.8, 4) is 23.0 Å². The second-order valence-electron chi connectivity index (χ2n) is 6.42. The summed E-state index contributed by atoms with van der Waals surface area (Å²) in [6.45, 7) is 0. The number of benzene rings is 2. The highest BCUT2D eigenvalue weighted by molar-refractivity contribution is 6.32. The van der Waals surface area contributed by atoms with E-state index >= 15 is 0 Å². The third kappa shape index (κ3) is 2.22. The molecular weight excluding hydrogens is 362 g/mol. The maximum absolute atomic E-state index is 13.4. The molecule has 1 heterocycles. The fraction of sp³-hybridized carbons (Fsp3) is 0.238. The van der Waals surface area contributed by atoms with Crippen LogP contribution in [0.15, 0.2) is 24.3 Å². The summed E-state index contributed by atoms with van der Waals surface area (Å²) in [5.74, 6) is 1.30. The molecule has 7 nitrogen and oxygen atoms in total. The van der Waals surface area contributed by atoms with Crippen LogP contribution in [-0.4, -0.2) is 44.6 Å². The fourth-order valence-corrected chi connectivity index (χ4v) is 3.77. The minimum Gasteiger partial charge on any atom is -0.493 e. The smallest absolute Gasteiger partial charge is 0.211 e. The predicted molar refractivity (Wildman–Crippen MR) is 102 cm³/mol. The summed E-state index contributed by atoms with van der Waals surface area (Å²) in [6, 6.07) is 6.59. The van der Waals surface area contributed by atoms with E-state index in [9.17, 15) is 9.59 Å². The van der Waals surface area contributed by atoms with Crippen LogP contribution in [-0.2, 0) is 7.05 Å². The van der Waals surface area contributed by atoms with Crippen LogP contribution < -0.4 is 18.9 Å². The number of nitrogens with zero attached hydrogens (tertiary/aromatic N) is 1. The monoisotopic (exact) mass is 381 g/mol. The second kappa shape index (κ2) is 6.30. The van der Waals surface area contributed by atoms with Gasteiger partial charge in [-0.05, 0) is 18.2 Å². The first-order valence-electron chi connectivity index (χ1n) is 8.56. The SMILES string of the molecule is COc1cc2c(cc1OC)C(=O)c1c(c3cc(OC)c(OC)cc3n1C)C2=O. The molecule has 0 unspecified atom stereocenters. The Labute approximate surface area is 161 Å². The van der Waals surface area contributed by atoms with Gasteiger partial charge in [-0.1, -0.05) is 0 Å². The molecule has 7 heteroatoms. The highest BCUT2D eigenvalue weighted by Gasteiger charge is 2.36. The van der Waals surface area contributed by atoms with E-state index in [2.05, 4.69) is 0 Å². The van der Waals surface area contributed by atoms with E-state index in [1.807, 2.05) is 0 Å². The van der Waals surface area contributed by atoms with Gasteiger partial charge in [0.05, 0.1) is 39.5 Å². The van der Waals surface area contributed by atoms with Gasteiger partial charge >= 0.3 is 0 Å². The highest BCUT2D eigenvalue weighted by atomic mass is 16.5. The molecule has 0 radical (unpaired) electrons. The van der Waals surface area contributed by atoms with Crippen molar-refractivity contribution >= 4 is 22.5 Å². The Morgan fingerprint density at radius 2 is 1.14 bits per heavy atom. The quantitative estimate of drug-likeness (QED) is 0.541. The molecule has 0 bridgehead atoms. The van der Waals surface area contributed by atoms with Crippen molar-refractivity contribution in [1.29, 1.82) is 0 Å². The zero-order valence-electron chi connectivity index (χ0n) is 16.2. The molecular formula is C21H19NO6. The Balaban J connectivity index is 2.06. The van der Waals surface area contributed by atoms with Gasteiger partial charge in [-0.3, -0.25) is 9.59 Å². The van der Waals surface area contributed by atoms with Crippen molar-refractivity contribution in [3.05, 3.63) is 46.6 Å². The molecule has 2 aromatic carbocycles. The van der Waals surface area contributed by atoms with E-state index < -0.39 is 0 Å². The standard InChI is InChI=1S/C21H19NO6/c1-22-13-9-17(28-5)16(27-4)8-12(13)18-19(22)21(24)11-7-15(26-3)14(25-2)6-10(11)20(18)23/h6-9H,1-5H3. The van der Waals surface area contributed by atoms with Crippen molar-refractivity contribution in [2.75, 3.05) is 28.4 Å². The van der Waals surface area contributed by atoms with Gasteiger partial charge in [0.25, 0.3) is 0 Å². The van der Waals surface area contributed by atoms with Gasteiger partial charge in [0.2, 0.25) is 5.78 Å². The van der Waals surface area contributed by atoms with E-state index in [1.54, 1.807) is 35.9 Å². The van der Waals surface area contributed by atoms with Gasteiger partial charge in [-0.2, -0.15) is 0 Å². The summed E-state index contributed by atoms with van der Waals surface area (Å²) in [7, 11) is 7.79. The molecule has 0 fully saturated rings. The van der Waals surface area contributed by atoms with Gasteiger partial charge in [0, 0.05) is 29.6 Å². The fourth-order valence-electron chi connectivity index (χ4n) is 3.77. The van der Waals surface area contributed by atoms with Crippen molar-refractivity contribution in [2.24, 2.45) is 7.05 Å². The largest absolute Gasteiger partial charge is 0.493 e. The average Bonchev–Trinajstić information content (AvgIpc) is 3.01. The Morgan fingerprint density at radius 3 is 1.68 bits per heavy atom. The molecule has 0 amide bonds. The van der Waals surface area contributed by atoms with Crippen LogP contribution in [0.25, 0.3) is 10.9 Å². The molecule has 28 heavy (non-hydrogen) atoms. The molecule has 144 valence electrons. The summed E-state index contributed by atoms with van der Waals surface area (Å²) >= 11 is 0. The van der Waals surface area contributed by atoms with E-state index in [0.717, 1.165) is 0 Å². The predicted octanol–water partition coefficient (Wildman–Crippen LogP) is 2.99. The number of hydrogen-bond acceptors (Lipinski definition) is 6. The Bertz CT molecular complexity index is 1160. The molecule has 1 aromatic heterocycles. The van der Waals surface area contributed by atoms with Crippen LogP contribution in [0.2, 0.25) is 0 Å². The van der Waals surface area contributed by atoms with Crippen molar-refractivity contribution in [1.82, 2.24) is 4.57 Å². The van der Waals surface area contributed by atoms with Crippen molar-refractivity contribution < 1.29 is 28.5 Å². The van der Waals surface area contributed by atoms with Crippen molar-refractivity contribution in [3.63, 3.8) is 0 Å². The van der Waals surface area contributed by atoms with Crippen molar-refractivity contribution in [2.45, 2.75) is 0 Å². The molecule has 0 aliphatic heterocycles. The molecule has 1 aliphatic carbocycles. The lowest BCUT2D eigenvalue weighted by Crippen LogP contribution is -2.22. The third-order valence-corrected chi connectivity index (χ3v) is 5.16. The van der Waals surface area contributed by atoms with E-state index in [1.165, 1.54) is 28.4 Å². The molecule has 0 spiro atoms. The minimum absolute atomic E-state index is 0.247. The van der Waals surface area contributed by atoms with Crippen LogP contribution in [0, 0.1) is 0 Å². The average molecular weight is 381 g/mol. The molecule has 3 aromatic rings. The van der Waals surface area contributed by atoms with Crippen LogP contribution in [0.5, 0.6) is 23.0 Å². The van der Waals surface area contributed by atoms with Gasteiger partial charge in [0.15, 0.2) is 28.8 Å². The zero-order chi connectivity index (χ0) is 20.2. The minimum atomic E-state index is -0.248. The molecule has 1 aliphatic rings. The lowest BCUT2D eigenvalue weighted by molar-refractivity contribution is 0.0974. The van der Waals surface area contributed by atoms with Crippen LogP contribution >= 0.6 is 0 Å². The highest BCUT2D eigenvalue weighted by Crippen LogP contribution is 2.42. The zero-order valence-corrected chi connectivity index (χ0v) is 16.2. The molecule has 0 saturated carbocycles. The molecule has 0 atom stereocenters.